The first-order chi connectivity index (χ1) is 9.60. The molecule has 1 atom stereocenters. The molecule has 104 valence electrons. The zero-order valence-corrected chi connectivity index (χ0v) is 12.1. The quantitative estimate of drug-likeness (QED) is 0.751. The molecule has 0 saturated heterocycles. The minimum absolute atomic E-state index is 0.0550. The fourth-order valence-electron chi connectivity index (χ4n) is 2.55. The highest BCUT2D eigenvalue weighted by molar-refractivity contribution is 5.86. The average Bonchev–Trinajstić information content (AvgIpc) is 2.77. The zero-order valence-electron chi connectivity index (χ0n) is 12.1. The van der Waals surface area contributed by atoms with Crippen molar-refractivity contribution in [1.29, 1.82) is 0 Å². The molecule has 0 radical (unpaired) electrons. The molecule has 0 bridgehead atoms. The smallest absolute Gasteiger partial charge is 0.308 e. The predicted octanol–water partition coefficient (Wildman–Crippen LogP) is 4.11. The number of carbonyl (C=O) groups is 1. The van der Waals surface area contributed by atoms with Gasteiger partial charge in [0.25, 0.3) is 0 Å². The van der Waals surface area contributed by atoms with Gasteiger partial charge in [-0.1, -0.05) is 63.4 Å². The van der Waals surface area contributed by atoms with Gasteiger partial charge in [0.2, 0.25) is 0 Å². The van der Waals surface area contributed by atoms with E-state index in [4.69, 9.17) is 4.74 Å². The Morgan fingerprint density at radius 3 is 2.60 bits per heavy atom. The summed E-state index contributed by atoms with van der Waals surface area (Å²) < 4.78 is 5.41. The Labute approximate surface area is 120 Å². The van der Waals surface area contributed by atoms with Gasteiger partial charge < -0.3 is 4.74 Å². The molecule has 1 unspecified atom stereocenters. The van der Waals surface area contributed by atoms with Gasteiger partial charge in [0.1, 0.15) is 6.61 Å². The maximum Gasteiger partial charge on any atom is 0.308 e. The summed E-state index contributed by atoms with van der Waals surface area (Å²) in [6.45, 7) is 11.8. The van der Waals surface area contributed by atoms with E-state index in [-0.39, 0.29) is 17.8 Å². The molecular formula is C18H20O2. The van der Waals surface area contributed by atoms with E-state index in [1.807, 2.05) is 38.1 Å². The summed E-state index contributed by atoms with van der Waals surface area (Å²) in [7, 11) is 0. The Morgan fingerprint density at radius 2 is 2.00 bits per heavy atom. The summed E-state index contributed by atoms with van der Waals surface area (Å²) in [5.74, 6) is -0.223. The lowest BCUT2D eigenvalue weighted by Crippen LogP contribution is -2.16. The summed E-state index contributed by atoms with van der Waals surface area (Å²) in [4.78, 5) is 11.7. The third-order valence-corrected chi connectivity index (χ3v) is 3.60. The Morgan fingerprint density at radius 1 is 1.30 bits per heavy atom. The normalized spacial score (nSPS) is 17.1. The van der Waals surface area contributed by atoms with E-state index in [0.29, 0.717) is 6.61 Å². The van der Waals surface area contributed by atoms with Gasteiger partial charge >= 0.3 is 5.97 Å². The summed E-state index contributed by atoms with van der Waals surface area (Å²) in [6, 6.07) is 8.15. The Bertz CT molecular complexity index is 579. The third kappa shape index (κ3) is 2.46. The number of carbonyl (C=O) groups excluding carboxylic acids is 1. The fraction of sp³-hybridized carbons (Fsp3) is 0.278. The van der Waals surface area contributed by atoms with E-state index in [1.54, 1.807) is 0 Å². The van der Waals surface area contributed by atoms with Crippen molar-refractivity contribution < 1.29 is 9.53 Å². The maximum absolute atomic E-state index is 11.7. The molecule has 1 aromatic carbocycles. The van der Waals surface area contributed by atoms with Crippen LogP contribution in [0.4, 0.5) is 0 Å². The molecule has 0 fully saturated rings. The van der Waals surface area contributed by atoms with Crippen molar-refractivity contribution in [2.24, 2.45) is 5.92 Å². The minimum Gasteiger partial charge on any atom is -0.464 e. The minimum atomic E-state index is -0.169. The van der Waals surface area contributed by atoms with E-state index in [0.717, 1.165) is 16.7 Å². The fourth-order valence-corrected chi connectivity index (χ4v) is 2.55. The van der Waals surface area contributed by atoms with Crippen molar-refractivity contribution in [3.05, 3.63) is 66.3 Å². The largest absolute Gasteiger partial charge is 0.464 e. The molecule has 2 heteroatoms. The van der Waals surface area contributed by atoms with Gasteiger partial charge in [-0.25, -0.2) is 0 Å². The molecule has 0 aliphatic heterocycles. The third-order valence-electron chi connectivity index (χ3n) is 3.60. The number of esters is 1. The second-order valence-corrected chi connectivity index (χ2v) is 5.20. The lowest BCUT2D eigenvalue weighted by Gasteiger charge is -2.16. The first kappa shape index (κ1) is 14.3. The number of rotatable bonds is 5. The van der Waals surface area contributed by atoms with Gasteiger partial charge in [0.15, 0.2) is 0 Å². The van der Waals surface area contributed by atoms with Crippen LogP contribution in [0.15, 0.2) is 55.1 Å². The summed E-state index contributed by atoms with van der Waals surface area (Å²) >= 11 is 0. The molecular weight excluding hydrogens is 248 g/mol. The first-order valence-corrected chi connectivity index (χ1v) is 6.85. The summed E-state index contributed by atoms with van der Waals surface area (Å²) in [6.07, 6.45) is 3.69. The molecule has 2 rings (SSSR count). The van der Waals surface area contributed by atoms with Crippen LogP contribution in [0.1, 0.15) is 30.9 Å². The van der Waals surface area contributed by atoms with E-state index in [9.17, 15) is 4.79 Å². The van der Waals surface area contributed by atoms with Crippen LogP contribution in [-0.4, -0.2) is 12.6 Å². The molecule has 0 heterocycles. The molecule has 0 amide bonds. The second-order valence-electron chi connectivity index (χ2n) is 5.20. The van der Waals surface area contributed by atoms with Gasteiger partial charge in [-0.05, 0) is 22.3 Å². The number of allylic oxidation sites excluding steroid dienone is 3. The van der Waals surface area contributed by atoms with Crippen LogP contribution in [-0.2, 0) is 9.53 Å². The maximum atomic E-state index is 11.7. The average molecular weight is 268 g/mol. The molecule has 20 heavy (non-hydrogen) atoms. The Balaban J connectivity index is 2.32. The number of benzene rings is 1. The second kappa shape index (κ2) is 5.91. The topological polar surface area (TPSA) is 26.3 Å². The van der Waals surface area contributed by atoms with Crippen LogP contribution < -0.4 is 0 Å². The molecule has 0 N–H and O–H groups in total. The van der Waals surface area contributed by atoms with E-state index in [2.05, 4.69) is 25.3 Å². The number of ether oxygens (including phenoxy) is 1. The van der Waals surface area contributed by atoms with Crippen molar-refractivity contribution in [2.45, 2.75) is 19.8 Å². The van der Waals surface area contributed by atoms with Gasteiger partial charge in [0.05, 0.1) is 5.92 Å². The van der Waals surface area contributed by atoms with E-state index < -0.39 is 0 Å². The summed E-state index contributed by atoms with van der Waals surface area (Å²) in [5.41, 5.74) is 4.50. The van der Waals surface area contributed by atoms with Crippen LogP contribution >= 0.6 is 0 Å². The lowest BCUT2D eigenvalue weighted by atomic mass is 9.96. The van der Waals surface area contributed by atoms with E-state index >= 15 is 0 Å². The van der Waals surface area contributed by atoms with Crippen molar-refractivity contribution in [3.8, 4) is 0 Å². The van der Waals surface area contributed by atoms with Gasteiger partial charge in [-0.3, -0.25) is 4.79 Å². The molecule has 1 aromatic rings. The number of hydrogen-bond donors (Lipinski definition) is 0. The van der Waals surface area contributed by atoms with Crippen molar-refractivity contribution >= 4 is 11.5 Å². The van der Waals surface area contributed by atoms with Gasteiger partial charge in [-0.15, -0.1) is 0 Å². The van der Waals surface area contributed by atoms with E-state index in [1.165, 1.54) is 5.56 Å². The molecule has 0 aromatic heterocycles. The Kier molecular flexibility index (Phi) is 4.23. The standard InChI is InChI=1S/C18H20O2/c1-5-13-14(6-2)17(11-20-18(19)12(3)4)16-10-8-7-9-15(13)16/h5-10,12,17H,1-2,11H2,3-4H3. The molecule has 2 nitrogen and oxygen atoms in total. The molecule has 0 saturated carbocycles. The molecule has 0 spiro atoms. The van der Waals surface area contributed by atoms with Crippen LogP contribution in [0.2, 0.25) is 0 Å². The van der Waals surface area contributed by atoms with Gasteiger partial charge in [0, 0.05) is 5.92 Å². The first-order valence-electron chi connectivity index (χ1n) is 6.85. The Hall–Kier alpha value is -2.09. The summed E-state index contributed by atoms with van der Waals surface area (Å²) in [5, 5.41) is 0. The van der Waals surface area contributed by atoms with Crippen LogP contribution in [0.25, 0.3) is 5.57 Å². The SMILES string of the molecule is C=CC1=C(C=C)C(COC(=O)C(C)C)c2ccccc21. The van der Waals surface area contributed by atoms with Crippen LogP contribution in [0, 0.1) is 5.92 Å². The monoisotopic (exact) mass is 268 g/mol. The lowest BCUT2D eigenvalue weighted by molar-refractivity contribution is -0.147. The molecule has 1 aliphatic carbocycles. The van der Waals surface area contributed by atoms with Crippen molar-refractivity contribution in [2.75, 3.05) is 6.61 Å². The van der Waals surface area contributed by atoms with Crippen molar-refractivity contribution in [3.63, 3.8) is 0 Å². The zero-order chi connectivity index (χ0) is 14.7. The van der Waals surface area contributed by atoms with Crippen LogP contribution in [0.5, 0.6) is 0 Å². The van der Waals surface area contributed by atoms with Crippen molar-refractivity contribution in [1.82, 2.24) is 0 Å². The highest BCUT2D eigenvalue weighted by Crippen LogP contribution is 2.42. The predicted molar refractivity (Wildman–Crippen MR) is 82.3 cm³/mol. The molecule has 1 aliphatic rings. The van der Waals surface area contributed by atoms with Gasteiger partial charge in [-0.2, -0.15) is 0 Å². The highest BCUT2D eigenvalue weighted by Gasteiger charge is 2.29. The number of fused-ring (bicyclic) bond motifs is 1. The number of hydrogen-bond acceptors (Lipinski definition) is 2. The van der Waals surface area contributed by atoms with Crippen LogP contribution in [0.3, 0.4) is 0 Å². The highest BCUT2D eigenvalue weighted by atomic mass is 16.5.